The molecule has 0 aliphatic rings. The zero-order valence-electron chi connectivity index (χ0n) is 8.21. The number of nitrogens with zero attached hydrogens (tertiary/aromatic N) is 1. The summed E-state index contributed by atoms with van der Waals surface area (Å²) in [6, 6.07) is 7.88. The van der Waals surface area contributed by atoms with Crippen molar-refractivity contribution in [2.75, 3.05) is 12.9 Å². The Balaban J connectivity index is 3.06. The third-order valence-corrected chi connectivity index (χ3v) is 3.18. The second-order valence-electron chi connectivity index (χ2n) is 3.21. The minimum Gasteiger partial charge on any atom is -0.395 e. The summed E-state index contributed by atoms with van der Waals surface area (Å²) in [5.41, 5.74) is 0.618. The number of hydrogen-bond donors (Lipinski definition) is 1. The Morgan fingerprint density at radius 1 is 1.40 bits per heavy atom. The van der Waals surface area contributed by atoms with E-state index >= 15 is 0 Å². The fraction of sp³-hybridized carbons (Fsp3) is 0.300. The molecule has 0 spiro atoms. The minimum atomic E-state index is -3.20. The van der Waals surface area contributed by atoms with Crippen LogP contribution in [0.3, 0.4) is 0 Å². The van der Waals surface area contributed by atoms with Gasteiger partial charge < -0.3 is 5.11 Å². The molecule has 0 saturated carbocycles. The van der Waals surface area contributed by atoms with Gasteiger partial charge in [-0.3, -0.25) is 0 Å². The van der Waals surface area contributed by atoms with Gasteiger partial charge in [-0.05, 0) is 17.7 Å². The minimum absolute atomic E-state index is 0.209. The second kappa shape index (κ2) is 4.43. The molecule has 0 amide bonds. The average molecular weight is 225 g/mol. The van der Waals surface area contributed by atoms with Gasteiger partial charge in [-0.25, -0.2) is 8.42 Å². The predicted molar refractivity (Wildman–Crippen MR) is 55.0 cm³/mol. The van der Waals surface area contributed by atoms with Crippen LogP contribution in [0.5, 0.6) is 0 Å². The Kier molecular flexibility index (Phi) is 3.45. The molecule has 0 radical (unpaired) electrons. The highest BCUT2D eigenvalue weighted by Gasteiger charge is 2.11. The third kappa shape index (κ3) is 2.78. The van der Waals surface area contributed by atoms with Gasteiger partial charge in [-0.1, -0.05) is 12.1 Å². The number of hydrogen-bond acceptors (Lipinski definition) is 4. The lowest BCUT2D eigenvalue weighted by Gasteiger charge is -2.06. The molecule has 0 bridgehead atoms. The van der Waals surface area contributed by atoms with Gasteiger partial charge >= 0.3 is 0 Å². The second-order valence-corrected chi connectivity index (χ2v) is 5.22. The van der Waals surface area contributed by atoms with Crippen LogP contribution < -0.4 is 0 Å². The van der Waals surface area contributed by atoms with Crippen molar-refractivity contribution in [1.29, 1.82) is 5.26 Å². The maximum atomic E-state index is 11.1. The van der Waals surface area contributed by atoms with Crippen LogP contribution in [0.25, 0.3) is 0 Å². The number of nitriles is 1. The van der Waals surface area contributed by atoms with Gasteiger partial charge in [-0.2, -0.15) is 5.26 Å². The van der Waals surface area contributed by atoms with Crippen LogP contribution in [-0.4, -0.2) is 26.4 Å². The van der Waals surface area contributed by atoms with E-state index in [0.29, 0.717) is 5.56 Å². The van der Waals surface area contributed by atoms with Gasteiger partial charge in [0, 0.05) is 6.26 Å². The Bertz CT molecular complexity index is 470. The highest BCUT2D eigenvalue weighted by Crippen LogP contribution is 2.17. The van der Waals surface area contributed by atoms with Crippen LogP contribution in [0.15, 0.2) is 29.2 Å². The first-order chi connectivity index (χ1) is 6.99. The molecule has 80 valence electrons. The topological polar surface area (TPSA) is 78.2 Å². The summed E-state index contributed by atoms with van der Waals surface area (Å²) in [4.78, 5) is 0.209. The average Bonchev–Trinajstić information content (AvgIpc) is 2.19. The molecule has 15 heavy (non-hydrogen) atoms. The summed E-state index contributed by atoms with van der Waals surface area (Å²) in [5, 5.41) is 17.5. The van der Waals surface area contributed by atoms with Crippen molar-refractivity contribution in [3.8, 4) is 6.07 Å². The summed E-state index contributed by atoms with van der Waals surface area (Å²) in [6.07, 6.45) is 1.12. The van der Waals surface area contributed by atoms with Gasteiger partial charge in [0.1, 0.15) is 0 Å². The van der Waals surface area contributed by atoms with Crippen LogP contribution in [0.2, 0.25) is 0 Å². The Morgan fingerprint density at radius 2 is 1.93 bits per heavy atom. The molecule has 0 saturated heterocycles. The normalized spacial score (nSPS) is 13.1. The predicted octanol–water partition coefficient (Wildman–Crippen LogP) is 0.690. The van der Waals surface area contributed by atoms with Crippen LogP contribution in [0.4, 0.5) is 0 Å². The quantitative estimate of drug-likeness (QED) is 0.820. The SMILES string of the molecule is CS(=O)(=O)c1ccc(C(C#N)CO)cc1. The number of rotatable bonds is 3. The van der Waals surface area contributed by atoms with Gasteiger partial charge in [-0.15, -0.1) is 0 Å². The highest BCUT2D eigenvalue weighted by molar-refractivity contribution is 7.90. The van der Waals surface area contributed by atoms with E-state index in [1.165, 1.54) is 12.1 Å². The van der Waals surface area contributed by atoms with E-state index in [2.05, 4.69) is 0 Å². The zero-order valence-corrected chi connectivity index (χ0v) is 9.03. The first-order valence-electron chi connectivity index (χ1n) is 4.29. The molecule has 0 aromatic heterocycles. The first-order valence-corrected chi connectivity index (χ1v) is 6.18. The van der Waals surface area contributed by atoms with Crippen molar-refractivity contribution >= 4 is 9.84 Å². The third-order valence-electron chi connectivity index (χ3n) is 2.05. The molecular weight excluding hydrogens is 214 g/mol. The van der Waals surface area contributed by atoms with E-state index in [0.717, 1.165) is 6.26 Å². The molecule has 0 heterocycles. The van der Waals surface area contributed by atoms with Crippen LogP contribution in [0, 0.1) is 11.3 Å². The summed E-state index contributed by atoms with van der Waals surface area (Å²) in [7, 11) is -3.20. The van der Waals surface area contributed by atoms with Crippen LogP contribution >= 0.6 is 0 Å². The lowest BCUT2D eigenvalue weighted by atomic mass is 10.0. The fourth-order valence-electron chi connectivity index (χ4n) is 1.17. The lowest BCUT2D eigenvalue weighted by molar-refractivity contribution is 0.286. The molecule has 1 rings (SSSR count). The Morgan fingerprint density at radius 3 is 2.27 bits per heavy atom. The molecule has 1 aromatic carbocycles. The van der Waals surface area contributed by atoms with Crippen LogP contribution in [-0.2, 0) is 9.84 Å². The van der Waals surface area contributed by atoms with Crippen LogP contribution in [0.1, 0.15) is 11.5 Å². The van der Waals surface area contributed by atoms with E-state index in [4.69, 9.17) is 10.4 Å². The fourth-order valence-corrected chi connectivity index (χ4v) is 1.80. The monoisotopic (exact) mass is 225 g/mol. The van der Waals surface area contributed by atoms with Gasteiger partial charge in [0.2, 0.25) is 0 Å². The van der Waals surface area contributed by atoms with Gasteiger partial charge in [0.15, 0.2) is 9.84 Å². The van der Waals surface area contributed by atoms with Crippen molar-refractivity contribution in [2.45, 2.75) is 10.8 Å². The molecule has 0 aliphatic carbocycles. The van der Waals surface area contributed by atoms with E-state index in [9.17, 15) is 8.42 Å². The zero-order chi connectivity index (χ0) is 11.5. The Labute approximate surface area is 88.7 Å². The number of sulfone groups is 1. The van der Waals surface area contributed by atoms with Crippen molar-refractivity contribution in [3.63, 3.8) is 0 Å². The van der Waals surface area contributed by atoms with E-state index in [1.807, 2.05) is 6.07 Å². The number of benzene rings is 1. The lowest BCUT2D eigenvalue weighted by Crippen LogP contribution is -2.02. The first kappa shape index (κ1) is 11.7. The maximum Gasteiger partial charge on any atom is 0.175 e. The number of aliphatic hydroxyl groups is 1. The molecule has 1 aromatic rings. The molecule has 5 heteroatoms. The van der Waals surface area contributed by atoms with Gasteiger partial charge in [0.05, 0.1) is 23.5 Å². The standard InChI is InChI=1S/C10H11NO3S/c1-15(13,14)10-4-2-8(3-5-10)9(6-11)7-12/h2-5,9,12H,7H2,1H3. The smallest absolute Gasteiger partial charge is 0.175 e. The van der Waals surface area contributed by atoms with E-state index in [1.54, 1.807) is 12.1 Å². The van der Waals surface area contributed by atoms with Crippen molar-refractivity contribution < 1.29 is 13.5 Å². The van der Waals surface area contributed by atoms with E-state index < -0.39 is 15.8 Å². The Hall–Kier alpha value is -1.38. The molecule has 4 nitrogen and oxygen atoms in total. The van der Waals surface area contributed by atoms with Crippen molar-refractivity contribution in [3.05, 3.63) is 29.8 Å². The molecule has 1 unspecified atom stereocenters. The molecule has 0 fully saturated rings. The van der Waals surface area contributed by atoms with E-state index in [-0.39, 0.29) is 11.5 Å². The summed E-state index contributed by atoms with van der Waals surface area (Å²) >= 11 is 0. The summed E-state index contributed by atoms with van der Waals surface area (Å²) < 4.78 is 22.3. The molecule has 1 N–H and O–H groups in total. The molecule has 1 atom stereocenters. The molecular formula is C10H11NO3S. The number of aliphatic hydroxyl groups excluding tert-OH is 1. The van der Waals surface area contributed by atoms with Crippen molar-refractivity contribution in [2.24, 2.45) is 0 Å². The maximum absolute atomic E-state index is 11.1. The summed E-state index contributed by atoms with van der Waals surface area (Å²) in [5.74, 6) is -0.599. The van der Waals surface area contributed by atoms with Gasteiger partial charge in [0.25, 0.3) is 0 Å². The van der Waals surface area contributed by atoms with Crippen molar-refractivity contribution in [1.82, 2.24) is 0 Å². The largest absolute Gasteiger partial charge is 0.395 e. The summed E-state index contributed by atoms with van der Waals surface area (Å²) in [6.45, 7) is -0.269. The highest BCUT2D eigenvalue weighted by atomic mass is 32.2. The molecule has 0 aliphatic heterocycles.